The zero-order chi connectivity index (χ0) is 15.8. The van der Waals surface area contributed by atoms with E-state index >= 15 is 0 Å². The molecule has 112 valence electrons. The molecule has 5 heteroatoms. The molecule has 3 heterocycles. The Bertz CT molecular complexity index is 989. The highest BCUT2D eigenvalue weighted by atomic mass is 15.3. The Kier molecular flexibility index (Phi) is 3.05. The molecule has 0 aliphatic rings. The van der Waals surface area contributed by atoms with Crippen LogP contribution >= 0.6 is 0 Å². The van der Waals surface area contributed by atoms with Crippen LogP contribution in [-0.2, 0) is 0 Å². The Balaban J connectivity index is 1.88. The van der Waals surface area contributed by atoms with E-state index < -0.39 is 0 Å². The molecule has 0 bridgehead atoms. The molecule has 0 saturated carbocycles. The van der Waals surface area contributed by atoms with Gasteiger partial charge in [-0.05, 0) is 37.3 Å². The number of pyridine rings is 2. The lowest BCUT2D eigenvalue weighted by molar-refractivity contribution is 0.895. The van der Waals surface area contributed by atoms with Crippen molar-refractivity contribution in [3.8, 4) is 16.9 Å². The van der Waals surface area contributed by atoms with Crippen LogP contribution in [-0.4, -0.2) is 19.7 Å². The van der Waals surface area contributed by atoms with Crippen LogP contribution in [0.2, 0.25) is 0 Å². The Morgan fingerprint density at radius 2 is 1.78 bits per heavy atom. The molecule has 2 N–H and O–H groups in total. The Morgan fingerprint density at radius 1 is 0.957 bits per heavy atom. The van der Waals surface area contributed by atoms with Crippen LogP contribution in [0.3, 0.4) is 0 Å². The summed E-state index contributed by atoms with van der Waals surface area (Å²) >= 11 is 0. The highest BCUT2D eigenvalue weighted by Crippen LogP contribution is 2.29. The molecule has 0 amide bonds. The predicted octanol–water partition coefficient (Wildman–Crippen LogP) is 3.37. The highest BCUT2D eigenvalue weighted by molar-refractivity contribution is 5.80. The van der Waals surface area contributed by atoms with Gasteiger partial charge in [0.15, 0.2) is 0 Å². The van der Waals surface area contributed by atoms with Crippen LogP contribution in [0.1, 0.15) is 5.56 Å². The van der Waals surface area contributed by atoms with E-state index in [0.29, 0.717) is 5.82 Å². The van der Waals surface area contributed by atoms with Gasteiger partial charge >= 0.3 is 0 Å². The Morgan fingerprint density at radius 3 is 2.61 bits per heavy atom. The summed E-state index contributed by atoms with van der Waals surface area (Å²) in [5, 5.41) is 4.68. The molecule has 0 spiro atoms. The van der Waals surface area contributed by atoms with Crippen LogP contribution in [0.15, 0.2) is 60.9 Å². The van der Waals surface area contributed by atoms with Gasteiger partial charge in [-0.15, -0.1) is 0 Å². The van der Waals surface area contributed by atoms with Crippen LogP contribution in [0.25, 0.3) is 28.0 Å². The third-order valence-corrected chi connectivity index (χ3v) is 3.89. The molecule has 3 aromatic heterocycles. The number of nitrogen functional groups attached to an aromatic ring is 1. The van der Waals surface area contributed by atoms with E-state index in [1.807, 2.05) is 61.7 Å². The van der Waals surface area contributed by atoms with Crippen molar-refractivity contribution in [2.75, 3.05) is 5.73 Å². The van der Waals surface area contributed by atoms with Crippen LogP contribution < -0.4 is 5.73 Å². The molecular weight excluding hydrogens is 286 g/mol. The molecule has 0 saturated heterocycles. The summed E-state index contributed by atoms with van der Waals surface area (Å²) in [4.78, 5) is 8.81. The molecule has 5 nitrogen and oxygen atoms in total. The van der Waals surface area contributed by atoms with Crippen molar-refractivity contribution in [2.45, 2.75) is 6.92 Å². The molecule has 0 aliphatic heterocycles. The minimum absolute atomic E-state index is 0.632. The standard InChI is InChI=1S/C18H15N5/c1-12-17(13-10-16-15(21-11-13)8-5-9-20-16)22-23(18(12)19)14-6-3-2-4-7-14/h2-11H,19H2,1H3. The van der Waals surface area contributed by atoms with Crippen LogP contribution in [0.5, 0.6) is 0 Å². The molecule has 0 unspecified atom stereocenters. The number of nitrogens with two attached hydrogens (primary N) is 1. The molecule has 0 aliphatic carbocycles. The zero-order valence-corrected chi connectivity index (χ0v) is 12.6. The SMILES string of the molecule is Cc1c(-c2cnc3cccnc3c2)nn(-c2ccccc2)c1N. The van der Waals surface area contributed by atoms with Crippen molar-refractivity contribution in [3.05, 3.63) is 66.5 Å². The maximum atomic E-state index is 6.25. The van der Waals surface area contributed by atoms with E-state index in [4.69, 9.17) is 5.73 Å². The maximum absolute atomic E-state index is 6.25. The second kappa shape index (κ2) is 5.21. The van der Waals surface area contributed by atoms with Crippen molar-refractivity contribution < 1.29 is 0 Å². The van der Waals surface area contributed by atoms with E-state index in [1.54, 1.807) is 10.9 Å². The van der Waals surface area contributed by atoms with Crippen molar-refractivity contribution >= 4 is 16.9 Å². The number of para-hydroxylation sites is 1. The lowest BCUT2D eigenvalue weighted by Gasteiger charge is -2.03. The summed E-state index contributed by atoms with van der Waals surface area (Å²) in [5.74, 6) is 0.632. The number of anilines is 1. The van der Waals surface area contributed by atoms with Crippen molar-refractivity contribution in [3.63, 3.8) is 0 Å². The van der Waals surface area contributed by atoms with Gasteiger partial charge in [0.1, 0.15) is 5.82 Å². The third kappa shape index (κ3) is 2.23. The number of benzene rings is 1. The molecular formula is C18H15N5. The first-order chi connectivity index (χ1) is 11.2. The summed E-state index contributed by atoms with van der Waals surface area (Å²) in [6.07, 6.45) is 3.58. The lowest BCUT2D eigenvalue weighted by atomic mass is 10.1. The fourth-order valence-electron chi connectivity index (χ4n) is 2.63. The molecule has 23 heavy (non-hydrogen) atoms. The minimum Gasteiger partial charge on any atom is -0.383 e. The number of fused-ring (bicyclic) bond motifs is 1. The number of aromatic nitrogens is 4. The highest BCUT2D eigenvalue weighted by Gasteiger charge is 2.15. The second-order valence-corrected chi connectivity index (χ2v) is 5.37. The van der Waals surface area contributed by atoms with Gasteiger partial charge in [0.05, 0.1) is 22.4 Å². The summed E-state index contributed by atoms with van der Waals surface area (Å²) < 4.78 is 1.76. The first kappa shape index (κ1) is 13.5. The molecule has 1 aromatic carbocycles. The van der Waals surface area contributed by atoms with E-state index in [1.165, 1.54) is 0 Å². The topological polar surface area (TPSA) is 69.6 Å². The number of hydrogen-bond donors (Lipinski definition) is 1. The lowest BCUT2D eigenvalue weighted by Crippen LogP contribution is -2.01. The summed E-state index contributed by atoms with van der Waals surface area (Å²) in [7, 11) is 0. The average molecular weight is 301 g/mol. The number of hydrogen-bond acceptors (Lipinski definition) is 4. The zero-order valence-electron chi connectivity index (χ0n) is 12.6. The van der Waals surface area contributed by atoms with E-state index in [0.717, 1.165) is 33.5 Å². The molecule has 0 atom stereocenters. The van der Waals surface area contributed by atoms with Gasteiger partial charge in [0.25, 0.3) is 0 Å². The molecule has 0 fully saturated rings. The Labute approximate surface area is 133 Å². The van der Waals surface area contributed by atoms with Crippen molar-refractivity contribution in [2.24, 2.45) is 0 Å². The van der Waals surface area contributed by atoms with Crippen LogP contribution in [0.4, 0.5) is 5.82 Å². The van der Waals surface area contributed by atoms with Gasteiger partial charge in [0.2, 0.25) is 0 Å². The fraction of sp³-hybridized carbons (Fsp3) is 0.0556. The normalized spacial score (nSPS) is 11.0. The summed E-state index contributed by atoms with van der Waals surface area (Å²) in [5.41, 5.74) is 11.6. The maximum Gasteiger partial charge on any atom is 0.130 e. The van der Waals surface area contributed by atoms with E-state index in [9.17, 15) is 0 Å². The monoisotopic (exact) mass is 301 g/mol. The molecule has 4 rings (SSSR count). The van der Waals surface area contributed by atoms with Gasteiger partial charge in [-0.2, -0.15) is 5.10 Å². The van der Waals surface area contributed by atoms with Gasteiger partial charge < -0.3 is 5.73 Å². The van der Waals surface area contributed by atoms with Crippen molar-refractivity contribution in [1.82, 2.24) is 19.7 Å². The van der Waals surface area contributed by atoms with Gasteiger partial charge in [-0.1, -0.05) is 18.2 Å². The fourth-order valence-corrected chi connectivity index (χ4v) is 2.63. The van der Waals surface area contributed by atoms with Gasteiger partial charge in [-0.3, -0.25) is 9.97 Å². The van der Waals surface area contributed by atoms with E-state index in [2.05, 4.69) is 15.1 Å². The predicted molar refractivity (Wildman–Crippen MR) is 91.2 cm³/mol. The number of nitrogens with zero attached hydrogens (tertiary/aromatic N) is 4. The third-order valence-electron chi connectivity index (χ3n) is 3.89. The molecule has 4 aromatic rings. The number of rotatable bonds is 2. The van der Waals surface area contributed by atoms with E-state index in [-0.39, 0.29) is 0 Å². The first-order valence-electron chi connectivity index (χ1n) is 7.36. The summed E-state index contributed by atoms with van der Waals surface area (Å²) in [6.45, 7) is 1.97. The van der Waals surface area contributed by atoms with Crippen LogP contribution in [0, 0.1) is 6.92 Å². The quantitative estimate of drug-likeness (QED) is 0.616. The van der Waals surface area contributed by atoms with Crippen molar-refractivity contribution in [1.29, 1.82) is 0 Å². The van der Waals surface area contributed by atoms with Gasteiger partial charge in [0, 0.05) is 23.5 Å². The minimum atomic E-state index is 0.632. The van der Waals surface area contributed by atoms with Gasteiger partial charge in [-0.25, -0.2) is 4.68 Å². The largest absolute Gasteiger partial charge is 0.383 e. The first-order valence-corrected chi connectivity index (χ1v) is 7.36. The average Bonchev–Trinajstić information content (AvgIpc) is 2.91. The Hall–Kier alpha value is -3.21. The molecule has 0 radical (unpaired) electrons. The summed E-state index contributed by atoms with van der Waals surface area (Å²) in [6, 6.07) is 15.7. The second-order valence-electron chi connectivity index (χ2n) is 5.37. The smallest absolute Gasteiger partial charge is 0.130 e.